The number of rotatable bonds is 3. The summed E-state index contributed by atoms with van der Waals surface area (Å²) in [6.45, 7) is 0. The molecule has 0 aliphatic rings. The highest BCUT2D eigenvalue weighted by molar-refractivity contribution is 9.10. The molecule has 1 heterocycles. The second-order valence-corrected chi connectivity index (χ2v) is 4.55. The van der Waals surface area contributed by atoms with Gasteiger partial charge in [-0.3, -0.25) is 4.79 Å². The van der Waals surface area contributed by atoms with E-state index in [1.807, 2.05) is 0 Å². The number of ether oxygens (including phenoxy) is 2. The van der Waals surface area contributed by atoms with Crippen molar-refractivity contribution >= 4 is 21.6 Å². The molecule has 0 radical (unpaired) electrons. The van der Waals surface area contributed by atoms with Crippen LogP contribution < -0.4 is 20.8 Å². The van der Waals surface area contributed by atoms with E-state index in [9.17, 15) is 18.0 Å². The van der Waals surface area contributed by atoms with Crippen LogP contribution in [0.1, 0.15) is 0 Å². The van der Waals surface area contributed by atoms with Crippen molar-refractivity contribution in [3.63, 3.8) is 0 Å². The number of aromatic amines is 1. The van der Waals surface area contributed by atoms with Crippen LogP contribution in [0.15, 0.2) is 33.8 Å². The van der Waals surface area contributed by atoms with E-state index in [4.69, 9.17) is 10.5 Å². The van der Waals surface area contributed by atoms with Crippen molar-refractivity contribution in [2.75, 3.05) is 5.73 Å². The predicted octanol–water partition coefficient (Wildman–Crippen LogP) is 2.81. The normalized spacial score (nSPS) is 11.2. The summed E-state index contributed by atoms with van der Waals surface area (Å²) < 4.78 is 45.4. The van der Waals surface area contributed by atoms with Gasteiger partial charge in [0.1, 0.15) is 11.5 Å². The van der Waals surface area contributed by atoms with E-state index in [0.717, 1.165) is 12.4 Å². The number of aromatic nitrogens is 2. The van der Waals surface area contributed by atoms with E-state index in [1.54, 1.807) is 0 Å². The number of H-pyrrole nitrogens is 1. The fraction of sp³-hybridized carbons (Fsp3) is 0.0909. The van der Waals surface area contributed by atoms with E-state index in [-0.39, 0.29) is 21.8 Å². The third-order valence-corrected chi connectivity index (χ3v) is 2.82. The molecule has 0 aliphatic carbocycles. The van der Waals surface area contributed by atoms with Gasteiger partial charge in [-0.15, -0.1) is 13.2 Å². The molecule has 0 unspecified atom stereocenters. The summed E-state index contributed by atoms with van der Waals surface area (Å²) in [7, 11) is 0. The van der Waals surface area contributed by atoms with Gasteiger partial charge in [-0.25, -0.2) is 4.98 Å². The molecule has 10 heteroatoms. The van der Waals surface area contributed by atoms with E-state index in [0.29, 0.717) is 0 Å². The summed E-state index contributed by atoms with van der Waals surface area (Å²) in [5, 5.41) is 0. The number of hydrogen-bond donors (Lipinski definition) is 2. The van der Waals surface area contributed by atoms with Crippen molar-refractivity contribution < 1.29 is 22.6 Å². The number of nitrogens with one attached hydrogen (secondary N) is 1. The maximum atomic E-state index is 12.1. The number of alkyl halides is 3. The van der Waals surface area contributed by atoms with Gasteiger partial charge in [0.15, 0.2) is 5.69 Å². The minimum Gasteiger partial charge on any atom is -0.437 e. The quantitative estimate of drug-likeness (QED) is 0.872. The lowest BCUT2D eigenvalue weighted by atomic mass is 10.3. The lowest BCUT2D eigenvalue weighted by Crippen LogP contribution is -2.17. The Hall–Kier alpha value is -2.23. The number of benzene rings is 1. The van der Waals surface area contributed by atoms with Crippen molar-refractivity contribution in [2.45, 2.75) is 6.36 Å². The summed E-state index contributed by atoms with van der Waals surface area (Å²) in [6.07, 6.45) is -3.71. The molecule has 0 bridgehead atoms. The van der Waals surface area contributed by atoms with Gasteiger partial charge in [0.25, 0.3) is 5.56 Å². The maximum Gasteiger partial charge on any atom is 0.573 e. The Kier molecular flexibility index (Phi) is 4.07. The van der Waals surface area contributed by atoms with Crippen LogP contribution in [0.25, 0.3) is 0 Å². The van der Waals surface area contributed by atoms with Crippen LogP contribution in [0.4, 0.5) is 18.9 Å². The van der Waals surface area contributed by atoms with Gasteiger partial charge in [-0.2, -0.15) is 0 Å². The molecule has 1 aromatic carbocycles. The summed E-state index contributed by atoms with van der Waals surface area (Å²) in [6, 6.07) is 3.49. The summed E-state index contributed by atoms with van der Waals surface area (Å²) in [5.41, 5.74) is 4.63. The average Bonchev–Trinajstić information content (AvgIpc) is 2.37. The first-order valence-electron chi connectivity index (χ1n) is 5.32. The molecule has 112 valence electrons. The van der Waals surface area contributed by atoms with Crippen LogP contribution in [0.5, 0.6) is 17.4 Å². The van der Waals surface area contributed by atoms with Crippen molar-refractivity contribution in [3.8, 4) is 17.4 Å². The van der Waals surface area contributed by atoms with Gasteiger partial charge >= 0.3 is 6.36 Å². The topological polar surface area (TPSA) is 90.2 Å². The minimum absolute atomic E-state index is 0.0146. The second kappa shape index (κ2) is 5.64. The lowest BCUT2D eigenvalue weighted by Gasteiger charge is -2.12. The number of hydrogen-bond acceptors (Lipinski definition) is 5. The van der Waals surface area contributed by atoms with Gasteiger partial charge < -0.3 is 20.2 Å². The molecule has 0 aliphatic heterocycles. The number of halogens is 4. The zero-order chi connectivity index (χ0) is 15.6. The van der Waals surface area contributed by atoms with Crippen LogP contribution in [0.3, 0.4) is 0 Å². The third-order valence-electron chi connectivity index (χ3n) is 2.20. The highest BCUT2D eigenvalue weighted by atomic mass is 79.9. The number of nitrogens with zero attached hydrogens (tertiary/aromatic N) is 1. The first-order chi connectivity index (χ1) is 9.76. The molecule has 21 heavy (non-hydrogen) atoms. The van der Waals surface area contributed by atoms with Crippen LogP contribution in [-0.2, 0) is 0 Å². The van der Waals surface area contributed by atoms with E-state index in [1.165, 1.54) is 12.1 Å². The van der Waals surface area contributed by atoms with Gasteiger partial charge in [-0.05, 0) is 34.1 Å². The van der Waals surface area contributed by atoms with Crippen LogP contribution in [0, 0.1) is 0 Å². The Bertz CT molecular complexity index is 718. The molecule has 0 saturated carbocycles. The highest BCUT2D eigenvalue weighted by Gasteiger charge is 2.32. The molecule has 1 aromatic heterocycles. The van der Waals surface area contributed by atoms with Crippen molar-refractivity contribution in [1.29, 1.82) is 0 Å². The monoisotopic (exact) mass is 365 g/mol. The van der Waals surface area contributed by atoms with Crippen molar-refractivity contribution in [1.82, 2.24) is 9.97 Å². The van der Waals surface area contributed by atoms with Crippen LogP contribution >= 0.6 is 15.9 Å². The number of nitrogen functional groups attached to an aromatic ring is 1. The average molecular weight is 366 g/mol. The predicted molar refractivity (Wildman–Crippen MR) is 70.2 cm³/mol. The van der Waals surface area contributed by atoms with Crippen LogP contribution in [-0.4, -0.2) is 16.3 Å². The standard InChI is InChI=1S/C11H7BrF3N3O3/c12-6-3-5(1-2-7(6)21-11(13,14)15)20-10-8(16)9(19)17-4-18-10/h1-4H,16H2,(H,17,18,19). The molecule has 2 rings (SSSR count). The maximum absolute atomic E-state index is 12.1. The first-order valence-corrected chi connectivity index (χ1v) is 6.12. The number of nitrogens with two attached hydrogens (primary N) is 1. The second-order valence-electron chi connectivity index (χ2n) is 3.69. The highest BCUT2D eigenvalue weighted by Crippen LogP contribution is 2.34. The Morgan fingerprint density at radius 1 is 1.33 bits per heavy atom. The molecular formula is C11H7BrF3N3O3. The molecule has 0 fully saturated rings. The Morgan fingerprint density at radius 2 is 2.05 bits per heavy atom. The van der Waals surface area contributed by atoms with E-state index >= 15 is 0 Å². The smallest absolute Gasteiger partial charge is 0.437 e. The Balaban J connectivity index is 2.25. The minimum atomic E-state index is -4.80. The zero-order valence-electron chi connectivity index (χ0n) is 10.1. The Morgan fingerprint density at radius 3 is 2.67 bits per heavy atom. The van der Waals surface area contributed by atoms with Crippen molar-refractivity contribution in [2.24, 2.45) is 0 Å². The van der Waals surface area contributed by atoms with Crippen molar-refractivity contribution in [3.05, 3.63) is 39.4 Å². The van der Waals surface area contributed by atoms with Crippen LogP contribution in [0.2, 0.25) is 0 Å². The SMILES string of the molecule is Nc1c(Oc2ccc(OC(F)(F)F)c(Br)c2)nc[nH]c1=O. The first kappa shape index (κ1) is 15.2. The molecule has 0 amide bonds. The molecule has 3 N–H and O–H groups in total. The molecule has 2 aromatic rings. The summed E-state index contributed by atoms with van der Waals surface area (Å²) in [5.74, 6) is -0.460. The third kappa shape index (κ3) is 3.88. The van der Waals surface area contributed by atoms with Gasteiger partial charge in [-0.1, -0.05) is 0 Å². The summed E-state index contributed by atoms with van der Waals surface area (Å²) in [4.78, 5) is 17.2. The zero-order valence-corrected chi connectivity index (χ0v) is 11.7. The fourth-order valence-electron chi connectivity index (χ4n) is 1.34. The van der Waals surface area contributed by atoms with E-state index in [2.05, 4.69) is 30.6 Å². The van der Waals surface area contributed by atoms with Gasteiger partial charge in [0.05, 0.1) is 10.8 Å². The van der Waals surface area contributed by atoms with E-state index < -0.39 is 17.7 Å². The number of anilines is 1. The summed E-state index contributed by atoms with van der Waals surface area (Å²) >= 11 is 2.92. The van der Waals surface area contributed by atoms with Gasteiger partial charge in [0.2, 0.25) is 5.88 Å². The lowest BCUT2D eigenvalue weighted by molar-refractivity contribution is -0.274. The molecule has 6 nitrogen and oxygen atoms in total. The fourth-order valence-corrected chi connectivity index (χ4v) is 1.78. The molecular weight excluding hydrogens is 359 g/mol. The largest absolute Gasteiger partial charge is 0.573 e. The van der Waals surface area contributed by atoms with Gasteiger partial charge in [0, 0.05) is 0 Å². The Labute approximate surface area is 123 Å². The molecule has 0 saturated heterocycles. The molecule has 0 spiro atoms. The molecule has 0 atom stereocenters.